The van der Waals surface area contributed by atoms with Gasteiger partial charge < -0.3 is 15.0 Å². The summed E-state index contributed by atoms with van der Waals surface area (Å²) >= 11 is 0. The fraction of sp³-hybridized carbons (Fsp3) is 0.296. The van der Waals surface area contributed by atoms with E-state index < -0.39 is 0 Å². The van der Waals surface area contributed by atoms with E-state index in [9.17, 15) is 4.79 Å². The Kier molecular flexibility index (Phi) is 6.08. The van der Waals surface area contributed by atoms with Gasteiger partial charge in [0.2, 0.25) is 5.91 Å². The summed E-state index contributed by atoms with van der Waals surface area (Å²) in [5, 5.41) is 2.86. The Bertz CT molecular complexity index is 1060. The molecule has 3 aromatic carbocycles. The van der Waals surface area contributed by atoms with Crippen LogP contribution in [0.2, 0.25) is 0 Å². The Labute approximate surface area is 189 Å². The van der Waals surface area contributed by atoms with Gasteiger partial charge in [0.15, 0.2) is 0 Å². The summed E-state index contributed by atoms with van der Waals surface area (Å²) in [5.41, 5.74) is 5.77. The van der Waals surface area contributed by atoms with Crippen molar-refractivity contribution in [2.24, 2.45) is 0 Å². The average molecular weight is 428 g/mol. The van der Waals surface area contributed by atoms with Gasteiger partial charge >= 0.3 is 0 Å². The molecule has 5 heteroatoms. The van der Waals surface area contributed by atoms with Gasteiger partial charge in [0.05, 0.1) is 13.0 Å². The summed E-state index contributed by atoms with van der Waals surface area (Å²) in [5.74, 6) is 0.910. The second-order valence-corrected chi connectivity index (χ2v) is 8.49. The number of nitrogens with one attached hydrogen (secondary N) is 1. The molecule has 164 valence electrons. The van der Waals surface area contributed by atoms with Gasteiger partial charge in [-0.15, -0.1) is 0 Å². The number of ether oxygens (including phenoxy) is 1. The number of carbonyl (C=O) groups excluding carboxylic acids is 1. The van der Waals surface area contributed by atoms with Gasteiger partial charge in [0.25, 0.3) is 0 Å². The first-order valence-corrected chi connectivity index (χ1v) is 11.4. The fourth-order valence-electron chi connectivity index (χ4n) is 4.50. The predicted molar refractivity (Wildman–Crippen MR) is 129 cm³/mol. The van der Waals surface area contributed by atoms with Gasteiger partial charge in [0.1, 0.15) is 5.75 Å². The van der Waals surface area contributed by atoms with Crippen molar-refractivity contribution < 1.29 is 9.53 Å². The molecular formula is C27H29N3O2. The van der Waals surface area contributed by atoms with Crippen LogP contribution in [0, 0.1) is 0 Å². The van der Waals surface area contributed by atoms with Crippen LogP contribution in [0.3, 0.4) is 0 Å². The van der Waals surface area contributed by atoms with Crippen LogP contribution in [0.5, 0.6) is 5.75 Å². The Morgan fingerprint density at radius 1 is 0.844 bits per heavy atom. The average Bonchev–Trinajstić information content (AvgIpc) is 3.22. The molecule has 0 bridgehead atoms. The van der Waals surface area contributed by atoms with Crippen LogP contribution >= 0.6 is 0 Å². The second-order valence-electron chi connectivity index (χ2n) is 8.49. The maximum Gasteiger partial charge on any atom is 0.228 e. The molecule has 0 radical (unpaired) electrons. The molecule has 0 unspecified atom stereocenters. The number of nitrogens with zero attached hydrogens (tertiary/aromatic N) is 2. The van der Waals surface area contributed by atoms with Crippen molar-refractivity contribution >= 4 is 17.3 Å². The molecule has 2 aliphatic heterocycles. The van der Waals surface area contributed by atoms with Gasteiger partial charge in [0, 0.05) is 44.1 Å². The first-order chi connectivity index (χ1) is 15.7. The lowest BCUT2D eigenvalue weighted by Gasteiger charge is -2.36. The summed E-state index contributed by atoms with van der Waals surface area (Å²) in [6.45, 7) is 6.00. The Morgan fingerprint density at radius 2 is 1.59 bits per heavy atom. The minimum Gasteiger partial charge on any atom is -0.494 e. The van der Waals surface area contributed by atoms with E-state index in [1.54, 1.807) is 0 Å². The van der Waals surface area contributed by atoms with E-state index in [1.807, 2.05) is 18.2 Å². The molecule has 2 heterocycles. The normalized spacial score (nSPS) is 16.0. The number of hydrogen-bond donors (Lipinski definition) is 1. The first kappa shape index (κ1) is 20.6. The lowest BCUT2D eigenvalue weighted by molar-refractivity contribution is -0.115. The highest BCUT2D eigenvalue weighted by Gasteiger charge is 2.18. The molecule has 1 N–H and O–H groups in total. The van der Waals surface area contributed by atoms with Crippen molar-refractivity contribution in [1.29, 1.82) is 0 Å². The first-order valence-electron chi connectivity index (χ1n) is 11.4. The topological polar surface area (TPSA) is 44.8 Å². The smallest absolute Gasteiger partial charge is 0.228 e. The highest BCUT2D eigenvalue weighted by atomic mass is 16.5. The largest absolute Gasteiger partial charge is 0.494 e. The van der Waals surface area contributed by atoms with Crippen molar-refractivity contribution in [3.8, 4) is 16.9 Å². The van der Waals surface area contributed by atoms with Crippen molar-refractivity contribution in [1.82, 2.24) is 4.90 Å². The Morgan fingerprint density at radius 3 is 2.38 bits per heavy atom. The monoisotopic (exact) mass is 427 g/mol. The molecule has 1 saturated heterocycles. The van der Waals surface area contributed by atoms with Crippen LogP contribution in [0.15, 0.2) is 72.8 Å². The van der Waals surface area contributed by atoms with Crippen LogP contribution in [0.25, 0.3) is 11.1 Å². The van der Waals surface area contributed by atoms with E-state index in [2.05, 4.69) is 69.7 Å². The van der Waals surface area contributed by atoms with E-state index in [1.165, 1.54) is 16.8 Å². The van der Waals surface area contributed by atoms with Crippen LogP contribution in [-0.2, 0) is 11.2 Å². The van der Waals surface area contributed by atoms with Crippen molar-refractivity contribution in [2.75, 3.05) is 49.5 Å². The van der Waals surface area contributed by atoms with Gasteiger partial charge in [-0.05, 0) is 53.4 Å². The zero-order chi connectivity index (χ0) is 21.8. The van der Waals surface area contributed by atoms with Crippen LogP contribution in [0.1, 0.15) is 12.0 Å². The van der Waals surface area contributed by atoms with Crippen LogP contribution < -0.4 is 15.0 Å². The molecule has 32 heavy (non-hydrogen) atoms. The fourth-order valence-corrected chi connectivity index (χ4v) is 4.50. The molecule has 1 fully saturated rings. The molecule has 0 aromatic heterocycles. The molecular weight excluding hydrogens is 398 g/mol. The van der Waals surface area contributed by atoms with Gasteiger partial charge in [-0.2, -0.15) is 0 Å². The number of piperazine rings is 1. The van der Waals surface area contributed by atoms with E-state index in [-0.39, 0.29) is 5.91 Å². The van der Waals surface area contributed by atoms with Crippen molar-refractivity contribution in [3.63, 3.8) is 0 Å². The predicted octanol–water partition coefficient (Wildman–Crippen LogP) is 4.44. The van der Waals surface area contributed by atoms with Crippen LogP contribution in [0.4, 0.5) is 11.4 Å². The maximum absolute atomic E-state index is 11.5. The quantitative estimate of drug-likeness (QED) is 0.566. The molecule has 0 saturated carbocycles. The summed E-state index contributed by atoms with van der Waals surface area (Å²) in [4.78, 5) is 16.5. The van der Waals surface area contributed by atoms with Gasteiger partial charge in [-0.3, -0.25) is 9.69 Å². The molecule has 1 amide bonds. The second kappa shape index (κ2) is 9.45. The van der Waals surface area contributed by atoms with Gasteiger partial charge in [-0.25, -0.2) is 0 Å². The van der Waals surface area contributed by atoms with E-state index in [0.717, 1.165) is 56.1 Å². The number of fused-ring (bicyclic) bond motifs is 1. The Hall–Kier alpha value is -3.31. The third kappa shape index (κ3) is 4.78. The van der Waals surface area contributed by atoms with E-state index in [4.69, 9.17) is 4.74 Å². The highest BCUT2D eigenvalue weighted by molar-refractivity contribution is 5.99. The number of benzene rings is 3. The number of amides is 1. The SMILES string of the molecule is O=C1Cc2cc(OCCCN3CCN(c4ccc(-c5ccccc5)cc4)CC3)ccc2N1. The van der Waals surface area contributed by atoms with Crippen molar-refractivity contribution in [3.05, 3.63) is 78.4 Å². The maximum atomic E-state index is 11.5. The lowest BCUT2D eigenvalue weighted by Crippen LogP contribution is -2.46. The summed E-state index contributed by atoms with van der Waals surface area (Å²) < 4.78 is 5.92. The molecule has 2 aliphatic rings. The minimum atomic E-state index is 0.0587. The molecule has 5 rings (SSSR count). The summed E-state index contributed by atoms with van der Waals surface area (Å²) in [6.07, 6.45) is 1.45. The third-order valence-electron chi connectivity index (χ3n) is 6.30. The van der Waals surface area contributed by atoms with Gasteiger partial charge in [-0.1, -0.05) is 42.5 Å². The third-order valence-corrected chi connectivity index (χ3v) is 6.30. The number of rotatable bonds is 7. The number of carbonyl (C=O) groups is 1. The lowest BCUT2D eigenvalue weighted by atomic mass is 10.1. The Balaban J connectivity index is 1.04. The molecule has 0 atom stereocenters. The zero-order valence-electron chi connectivity index (χ0n) is 18.3. The molecule has 0 aliphatic carbocycles. The number of hydrogen-bond acceptors (Lipinski definition) is 4. The molecule has 0 spiro atoms. The van der Waals surface area contributed by atoms with E-state index >= 15 is 0 Å². The molecule has 5 nitrogen and oxygen atoms in total. The molecule has 3 aromatic rings. The van der Waals surface area contributed by atoms with E-state index in [0.29, 0.717) is 13.0 Å². The van der Waals surface area contributed by atoms with Crippen molar-refractivity contribution in [2.45, 2.75) is 12.8 Å². The zero-order valence-corrected chi connectivity index (χ0v) is 18.3. The minimum absolute atomic E-state index is 0.0587. The van der Waals surface area contributed by atoms with Crippen LogP contribution in [-0.4, -0.2) is 50.1 Å². The number of anilines is 2. The summed E-state index contributed by atoms with van der Waals surface area (Å²) in [6, 6.07) is 25.3. The summed E-state index contributed by atoms with van der Waals surface area (Å²) in [7, 11) is 0. The highest BCUT2D eigenvalue weighted by Crippen LogP contribution is 2.27. The standard InChI is InChI=1S/C27H29N3O2/c31-27-20-23-19-25(11-12-26(23)28-27)32-18-4-13-29-14-16-30(17-15-29)24-9-7-22(8-10-24)21-5-2-1-3-6-21/h1-3,5-12,19H,4,13-18,20H2,(H,28,31).